The van der Waals surface area contributed by atoms with Gasteiger partial charge in [0.15, 0.2) is 6.61 Å². The Morgan fingerprint density at radius 3 is 1.37 bits per heavy atom. The van der Waals surface area contributed by atoms with E-state index in [9.17, 15) is 41.1 Å². The highest BCUT2D eigenvalue weighted by Gasteiger charge is 2.29. The minimum atomic E-state index is -3.73. The standard InChI is InChI=1S/C33H40N4O7S.C27H30N4O5S.C6H11BrO2/c1-8-42-30(38)19-27(23-15-14-22(2)25(16-23)20-36(6)45(40,41)26-12-10-9-11-13-26)24-17-28-32(37(7)35-34-28)29(18-24)43-21-31(39)44-33(3,4)5;1-5-36-26(33)16-23(20-14-24-27(25(32)15-20)31(4)29-28-24)19-12-11-18(2)21(13-19)17-30(3)37(34,35)22-9-7-6-8-10-22;1-6(2,3)9-5(8)4-7/h9-18,27H,8,19-21H2,1-7H3;6-15,23,32H,5,16-17H2,1-4H3;4H2,1-3H3. The van der Waals surface area contributed by atoms with E-state index in [0.717, 1.165) is 33.4 Å². The van der Waals surface area contributed by atoms with Crippen molar-refractivity contribution in [3.63, 3.8) is 0 Å². The lowest BCUT2D eigenvalue weighted by atomic mass is 9.86. The van der Waals surface area contributed by atoms with E-state index in [1.807, 2.05) is 77.1 Å². The molecule has 8 rings (SSSR count). The molecule has 2 unspecified atom stereocenters. The van der Waals surface area contributed by atoms with Crippen molar-refractivity contribution in [3.8, 4) is 11.5 Å². The second kappa shape index (κ2) is 31.3. The number of rotatable bonds is 22. The summed E-state index contributed by atoms with van der Waals surface area (Å²) in [6.45, 7) is 18.6. The number of phenolic OH excluding ortho intramolecular Hbond substituents is 1. The van der Waals surface area contributed by atoms with Gasteiger partial charge >= 0.3 is 23.9 Å². The molecule has 91 heavy (non-hydrogen) atoms. The van der Waals surface area contributed by atoms with E-state index in [1.54, 1.807) is 146 Å². The quantitative estimate of drug-likeness (QED) is 0.0375. The molecule has 0 saturated heterocycles. The van der Waals surface area contributed by atoms with E-state index in [2.05, 4.69) is 36.6 Å². The monoisotopic (exact) mass is 1350 g/mol. The number of hydrogen-bond acceptors (Lipinski definition) is 18. The molecule has 0 saturated carbocycles. The first-order valence-electron chi connectivity index (χ1n) is 29.3. The fourth-order valence-electron chi connectivity index (χ4n) is 9.74. The second-order valence-corrected chi connectivity index (χ2v) is 28.1. The summed E-state index contributed by atoms with van der Waals surface area (Å²) in [4.78, 5) is 48.9. The van der Waals surface area contributed by atoms with E-state index in [-0.39, 0.29) is 84.2 Å². The maximum atomic E-state index is 13.3. The summed E-state index contributed by atoms with van der Waals surface area (Å²) in [7, 11) is -0.915. The number of sulfonamides is 2. The average Bonchev–Trinajstić information content (AvgIpc) is 1.79. The zero-order valence-corrected chi connectivity index (χ0v) is 57.1. The fraction of sp³-hybridized carbons (Fsp3) is 0.394. The second-order valence-electron chi connectivity index (χ2n) is 23.5. The van der Waals surface area contributed by atoms with Crippen molar-refractivity contribution in [3.05, 3.63) is 166 Å². The van der Waals surface area contributed by atoms with Gasteiger partial charge in [-0.25, -0.2) is 31.0 Å². The number of aromatic nitrogens is 6. The van der Waals surface area contributed by atoms with Crippen LogP contribution in [0.4, 0.5) is 0 Å². The van der Waals surface area contributed by atoms with Gasteiger partial charge in [-0.1, -0.05) is 99.2 Å². The third-order valence-corrected chi connectivity index (χ3v) is 18.2. The van der Waals surface area contributed by atoms with Crippen molar-refractivity contribution in [2.75, 3.05) is 39.2 Å². The number of alkyl halides is 1. The number of carbonyl (C=O) groups excluding carboxylic acids is 4. The van der Waals surface area contributed by atoms with Crippen molar-refractivity contribution in [1.82, 2.24) is 38.6 Å². The number of nitrogens with zero attached hydrogens (tertiary/aromatic N) is 8. The first-order chi connectivity index (χ1) is 42.8. The predicted octanol–water partition coefficient (Wildman–Crippen LogP) is 10.5. The first kappa shape index (κ1) is 72.0. The summed E-state index contributed by atoms with van der Waals surface area (Å²) in [5.74, 6) is -2.12. The highest BCUT2D eigenvalue weighted by Crippen LogP contribution is 2.38. The molecule has 22 nitrogen and oxygen atoms in total. The number of aromatic hydroxyl groups is 1. The lowest BCUT2D eigenvalue weighted by Crippen LogP contribution is -2.27. The highest BCUT2D eigenvalue weighted by atomic mass is 79.9. The molecule has 2 heterocycles. The molecule has 1 N–H and O–H groups in total. The Bertz CT molecular complexity index is 4080. The van der Waals surface area contributed by atoms with E-state index >= 15 is 0 Å². The average molecular weight is 1350 g/mol. The van der Waals surface area contributed by atoms with Gasteiger partial charge in [-0.3, -0.25) is 14.4 Å². The summed E-state index contributed by atoms with van der Waals surface area (Å²) >= 11 is 2.99. The van der Waals surface area contributed by atoms with Crippen molar-refractivity contribution < 1.29 is 64.8 Å². The summed E-state index contributed by atoms with van der Waals surface area (Å²) in [6.07, 6.45) is 0.0471. The van der Waals surface area contributed by atoms with Crippen LogP contribution in [-0.2, 0) is 85.4 Å². The van der Waals surface area contributed by atoms with Crippen LogP contribution in [0, 0.1) is 13.8 Å². The first-order valence-corrected chi connectivity index (χ1v) is 33.3. The number of fused-ring (bicyclic) bond motifs is 2. The molecule has 0 amide bonds. The SMILES string of the molecule is CC(C)(C)OC(=O)CBr.CCOC(=O)CC(c1ccc(C)c(CN(C)S(=O)(=O)c2ccccc2)c1)c1cc(O)c2c(c1)nnn2C.CCOC(=O)CC(c1ccc(C)c(CN(C)S(=O)(=O)c2ccccc2)c1)c1cc(OCC(=O)OC(C)(C)C)c2c(c1)nnn2C. The Labute approximate surface area is 541 Å². The van der Waals surface area contributed by atoms with Crippen LogP contribution in [0.25, 0.3) is 22.1 Å². The maximum absolute atomic E-state index is 13.3. The van der Waals surface area contributed by atoms with Crippen molar-refractivity contribution in [2.45, 2.75) is 128 Å². The molecule has 0 aliphatic rings. The van der Waals surface area contributed by atoms with Crippen molar-refractivity contribution >= 4 is 81.9 Å². The van der Waals surface area contributed by atoms with E-state index in [1.165, 1.54) is 13.3 Å². The molecule has 0 fully saturated rings. The molecule has 25 heteroatoms. The van der Waals surface area contributed by atoms with Crippen LogP contribution >= 0.6 is 15.9 Å². The van der Waals surface area contributed by atoms with Crippen LogP contribution in [-0.4, -0.2) is 135 Å². The Kier molecular flexibility index (Phi) is 24.7. The fourth-order valence-corrected chi connectivity index (χ4v) is 12.2. The Morgan fingerprint density at radius 1 is 0.560 bits per heavy atom. The molecule has 2 aromatic heterocycles. The van der Waals surface area contributed by atoms with Crippen molar-refractivity contribution in [1.29, 1.82) is 0 Å². The third kappa shape index (κ3) is 19.7. The molecule has 0 aliphatic heterocycles. The van der Waals surface area contributed by atoms with E-state index in [0.29, 0.717) is 38.9 Å². The Hall–Kier alpha value is -8.10. The van der Waals surface area contributed by atoms with Crippen LogP contribution in [0.2, 0.25) is 0 Å². The number of aryl methyl sites for hydroxylation is 4. The molecule has 0 aliphatic carbocycles. The van der Waals surface area contributed by atoms with Gasteiger partial charge in [0.1, 0.15) is 50.1 Å². The van der Waals surface area contributed by atoms with E-state index in [4.69, 9.17) is 23.7 Å². The summed E-state index contributed by atoms with van der Waals surface area (Å²) in [6, 6.07) is 35.0. The van der Waals surface area contributed by atoms with Crippen molar-refractivity contribution in [2.24, 2.45) is 14.1 Å². The van der Waals surface area contributed by atoms with Crippen LogP contribution in [0.1, 0.15) is 125 Å². The number of halogens is 1. The molecule has 0 bridgehead atoms. The zero-order valence-electron chi connectivity index (χ0n) is 53.9. The van der Waals surface area contributed by atoms with Crippen LogP contribution in [0.15, 0.2) is 131 Å². The topological polar surface area (TPSA) is 271 Å². The smallest absolute Gasteiger partial charge is 0.344 e. The molecular weight excluding hydrogens is 1270 g/mol. The third-order valence-electron chi connectivity index (χ3n) is 14.1. The van der Waals surface area contributed by atoms with Gasteiger partial charge < -0.3 is 28.8 Å². The molecule has 0 radical (unpaired) electrons. The van der Waals surface area contributed by atoms with Crippen LogP contribution in [0.3, 0.4) is 0 Å². The Morgan fingerprint density at radius 2 is 0.967 bits per heavy atom. The highest BCUT2D eigenvalue weighted by molar-refractivity contribution is 9.09. The Balaban J connectivity index is 0.000000258. The normalized spacial score (nSPS) is 12.5. The van der Waals surface area contributed by atoms with Gasteiger partial charge in [-0.2, -0.15) is 8.61 Å². The molecule has 0 spiro atoms. The summed E-state index contributed by atoms with van der Waals surface area (Å²) < 4.78 is 85.2. The number of benzene rings is 6. The summed E-state index contributed by atoms with van der Waals surface area (Å²) in [5.41, 5.74) is 7.41. The van der Waals surface area contributed by atoms with Gasteiger partial charge in [0.25, 0.3) is 0 Å². The number of esters is 4. The van der Waals surface area contributed by atoms with Gasteiger partial charge in [0.05, 0.1) is 35.8 Å². The van der Waals surface area contributed by atoms with Gasteiger partial charge in [-0.15, -0.1) is 10.2 Å². The minimum Gasteiger partial charge on any atom is -0.506 e. The minimum absolute atomic E-state index is 0.00572. The lowest BCUT2D eigenvalue weighted by Gasteiger charge is -2.22. The number of hydrogen-bond donors (Lipinski definition) is 1. The van der Waals surface area contributed by atoms with Crippen LogP contribution < -0.4 is 4.74 Å². The zero-order chi connectivity index (χ0) is 67.2. The molecule has 488 valence electrons. The van der Waals surface area contributed by atoms with Gasteiger partial charge in [-0.05, 0) is 162 Å². The number of ether oxygens (including phenoxy) is 5. The molecule has 8 aromatic rings. The largest absolute Gasteiger partial charge is 0.506 e. The molecule has 2 atom stereocenters. The lowest BCUT2D eigenvalue weighted by molar-refractivity contribution is -0.157. The molecule has 6 aromatic carbocycles. The predicted molar refractivity (Wildman–Crippen MR) is 348 cm³/mol. The van der Waals surface area contributed by atoms with E-state index < -0.39 is 49.4 Å². The number of carbonyl (C=O) groups is 4. The van der Waals surface area contributed by atoms with Gasteiger partial charge in [0.2, 0.25) is 20.0 Å². The van der Waals surface area contributed by atoms with Crippen LogP contribution in [0.5, 0.6) is 11.5 Å². The number of phenols is 1. The molecular formula is C66H81BrN8O14S2. The summed E-state index contributed by atoms with van der Waals surface area (Å²) in [5, 5.41) is 27.4. The maximum Gasteiger partial charge on any atom is 0.344 e. The van der Waals surface area contributed by atoms with Gasteiger partial charge in [0, 0.05) is 53.1 Å².